The van der Waals surface area contributed by atoms with E-state index in [0.717, 1.165) is 0 Å². The molecule has 0 radical (unpaired) electrons. The first-order valence-electron chi connectivity index (χ1n) is 6.95. The second-order valence-electron chi connectivity index (χ2n) is 5.05. The van der Waals surface area contributed by atoms with E-state index in [9.17, 15) is 19.2 Å². The third-order valence-corrected chi connectivity index (χ3v) is 2.20. The van der Waals surface area contributed by atoms with E-state index in [1.54, 1.807) is 0 Å². The van der Waals surface area contributed by atoms with Crippen LogP contribution in [0.2, 0.25) is 0 Å². The predicted octanol–water partition coefficient (Wildman–Crippen LogP) is -1.26. The van der Waals surface area contributed by atoms with Crippen LogP contribution in [0.5, 0.6) is 0 Å². The van der Waals surface area contributed by atoms with Gasteiger partial charge in [-0.25, -0.2) is 0 Å². The van der Waals surface area contributed by atoms with Crippen LogP contribution in [0.15, 0.2) is 0 Å². The molecule has 0 amide bonds. The van der Waals surface area contributed by atoms with E-state index in [0.29, 0.717) is 12.3 Å². The zero-order valence-corrected chi connectivity index (χ0v) is 13.7. The van der Waals surface area contributed by atoms with Crippen molar-refractivity contribution in [3.05, 3.63) is 0 Å². The van der Waals surface area contributed by atoms with Gasteiger partial charge in [-0.3, -0.25) is 19.2 Å². The third-order valence-electron chi connectivity index (χ3n) is 2.20. The first kappa shape index (κ1) is 26.6. The number of carbonyl (C=O) groups is 4. The van der Waals surface area contributed by atoms with Gasteiger partial charge in [0.15, 0.2) is 0 Å². The summed E-state index contributed by atoms with van der Waals surface area (Å²) < 4.78 is 0. The SMILES string of the molecule is CC(C)C[C@H](N)C(=O)O.NCC(=O)O.N[C@@H](CCC(=O)O)C(=O)O. The Bertz CT molecular complexity index is 401. The Hall–Kier alpha value is -2.24. The molecule has 0 aromatic carbocycles. The Kier molecular flexibility index (Phi) is 17.4. The van der Waals surface area contributed by atoms with Crippen LogP contribution in [0.3, 0.4) is 0 Å². The van der Waals surface area contributed by atoms with Gasteiger partial charge in [0.05, 0.1) is 6.54 Å². The smallest absolute Gasteiger partial charge is 0.320 e. The van der Waals surface area contributed by atoms with Gasteiger partial charge in [-0.2, -0.15) is 0 Å². The summed E-state index contributed by atoms with van der Waals surface area (Å²) in [6.45, 7) is 3.62. The highest BCUT2D eigenvalue weighted by atomic mass is 16.4. The molecule has 0 aliphatic heterocycles. The first-order valence-corrected chi connectivity index (χ1v) is 6.95. The van der Waals surface area contributed by atoms with Gasteiger partial charge in [0.2, 0.25) is 0 Å². The number of aliphatic carboxylic acids is 4. The van der Waals surface area contributed by atoms with Crippen molar-refractivity contribution >= 4 is 23.9 Å². The Morgan fingerprint density at radius 3 is 1.38 bits per heavy atom. The van der Waals surface area contributed by atoms with E-state index >= 15 is 0 Å². The highest BCUT2D eigenvalue weighted by Crippen LogP contribution is 2.01. The predicted molar refractivity (Wildman–Crippen MR) is 84.2 cm³/mol. The van der Waals surface area contributed by atoms with Gasteiger partial charge in [0.25, 0.3) is 0 Å². The first-order chi connectivity index (χ1) is 10.8. The quantitative estimate of drug-likeness (QED) is 0.272. The van der Waals surface area contributed by atoms with Gasteiger partial charge < -0.3 is 37.6 Å². The van der Waals surface area contributed by atoms with Gasteiger partial charge in [-0.15, -0.1) is 0 Å². The molecule has 2 atom stereocenters. The fourth-order valence-electron chi connectivity index (χ4n) is 1.01. The van der Waals surface area contributed by atoms with Crippen LogP contribution < -0.4 is 17.2 Å². The summed E-state index contributed by atoms with van der Waals surface area (Å²) in [5, 5.41) is 32.2. The molecule has 11 nitrogen and oxygen atoms in total. The van der Waals surface area contributed by atoms with Crippen molar-refractivity contribution in [3.8, 4) is 0 Å². The molecule has 11 heteroatoms. The summed E-state index contributed by atoms with van der Waals surface area (Å²) in [7, 11) is 0. The lowest BCUT2D eigenvalue weighted by atomic mass is 10.1. The summed E-state index contributed by atoms with van der Waals surface area (Å²) in [5.41, 5.74) is 14.8. The van der Waals surface area contributed by atoms with Crippen LogP contribution in [0.4, 0.5) is 0 Å². The van der Waals surface area contributed by atoms with Crippen molar-refractivity contribution in [3.63, 3.8) is 0 Å². The molecule has 0 spiro atoms. The molecule has 0 bridgehead atoms. The van der Waals surface area contributed by atoms with Crippen molar-refractivity contribution in [2.45, 2.75) is 45.2 Å². The fourth-order valence-corrected chi connectivity index (χ4v) is 1.01. The Labute approximate surface area is 139 Å². The molecule has 0 saturated carbocycles. The molecule has 0 aliphatic carbocycles. The minimum Gasteiger partial charge on any atom is -0.481 e. The molecule has 0 rings (SSSR count). The van der Waals surface area contributed by atoms with E-state index in [1.165, 1.54) is 0 Å². The largest absolute Gasteiger partial charge is 0.481 e. The Balaban J connectivity index is -0.000000291. The lowest BCUT2D eigenvalue weighted by molar-refractivity contribution is -0.140. The molecule has 0 unspecified atom stereocenters. The molecule has 0 heterocycles. The minimum atomic E-state index is -1.17. The van der Waals surface area contributed by atoms with Crippen molar-refractivity contribution in [2.24, 2.45) is 23.1 Å². The second kappa shape index (κ2) is 15.6. The van der Waals surface area contributed by atoms with Crippen LogP contribution in [0.1, 0.15) is 33.1 Å². The number of carboxylic acid groups (broad SMARTS) is 4. The van der Waals surface area contributed by atoms with Crippen LogP contribution in [-0.4, -0.2) is 62.9 Å². The van der Waals surface area contributed by atoms with E-state index < -0.39 is 36.0 Å². The van der Waals surface area contributed by atoms with E-state index in [1.807, 2.05) is 13.8 Å². The summed E-state index contributed by atoms with van der Waals surface area (Å²) in [6.07, 6.45) is 0.327. The van der Waals surface area contributed by atoms with E-state index in [4.69, 9.17) is 31.9 Å². The average molecular weight is 353 g/mol. The molecule has 0 aliphatic rings. The van der Waals surface area contributed by atoms with E-state index in [2.05, 4.69) is 5.73 Å². The maximum absolute atomic E-state index is 10.1. The molecule has 142 valence electrons. The van der Waals surface area contributed by atoms with Crippen LogP contribution in [0, 0.1) is 5.92 Å². The normalized spacial score (nSPS) is 11.9. The van der Waals surface area contributed by atoms with Gasteiger partial charge in [0.1, 0.15) is 12.1 Å². The topological polar surface area (TPSA) is 227 Å². The standard InChI is InChI=1S/C6H13NO2.C5H9NO4.C2H5NO2/c1-4(2)3-5(7)6(8)9;6-3(5(9)10)1-2-4(7)8;3-1-2(4)5/h4-5H,3,7H2,1-2H3,(H,8,9);3H,1-2,6H2,(H,7,8)(H,9,10);1,3H2,(H,4,5)/t5-;3-;/m00./s1. The van der Waals surface area contributed by atoms with Gasteiger partial charge in [-0.05, 0) is 18.8 Å². The molecular formula is C13H27N3O8. The lowest BCUT2D eigenvalue weighted by Crippen LogP contribution is -2.31. The lowest BCUT2D eigenvalue weighted by Gasteiger charge is -2.07. The molecule has 0 aromatic heterocycles. The number of rotatable bonds is 8. The number of hydrogen-bond donors (Lipinski definition) is 7. The highest BCUT2D eigenvalue weighted by molar-refractivity contribution is 5.74. The summed E-state index contributed by atoms with van der Waals surface area (Å²) in [4.78, 5) is 39.2. The molecule has 10 N–H and O–H groups in total. The van der Waals surface area contributed by atoms with Crippen LogP contribution in [0.25, 0.3) is 0 Å². The summed E-state index contributed by atoms with van der Waals surface area (Å²) in [6, 6.07) is -1.75. The number of nitrogens with two attached hydrogens (primary N) is 3. The highest BCUT2D eigenvalue weighted by Gasteiger charge is 2.12. The average Bonchev–Trinajstić information content (AvgIpc) is 2.44. The third kappa shape index (κ3) is 24.8. The molecule has 24 heavy (non-hydrogen) atoms. The van der Waals surface area contributed by atoms with Crippen molar-refractivity contribution in [1.29, 1.82) is 0 Å². The maximum atomic E-state index is 10.1. The molecule has 0 fully saturated rings. The Morgan fingerprint density at radius 2 is 1.21 bits per heavy atom. The number of carboxylic acids is 4. The molecule has 0 aromatic rings. The second-order valence-corrected chi connectivity index (χ2v) is 5.05. The zero-order valence-electron chi connectivity index (χ0n) is 13.7. The summed E-state index contributed by atoms with van der Waals surface area (Å²) in [5.74, 6) is -3.72. The van der Waals surface area contributed by atoms with Crippen molar-refractivity contribution in [2.75, 3.05) is 6.54 Å². The summed E-state index contributed by atoms with van der Waals surface area (Å²) >= 11 is 0. The molecule has 0 saturated heterocycles. The maximum Gasteiger partial charge on any atom is 0.320 e. The van der Waals surface area contributed by atoms with Crippen molar-refractivity contribution in [1.82, 2.24) is 0 Å². The van der Waals surface area contributed by atoms with Crippen LogP contribution >= 0.6 is 0 Å². The fraction of sp³-hybridized carbons (Fsp3) is 0.692. The monoisotopic (exact) mass is 353 g/mol. The van der Waals surface area contributed by atoms with Gasteiger partial charge >= 0.3 is 23.9 Å². The van der Waals surface area contributed by atoms with Gasteiger partial charge in [0, 0.05) is 6.42 Å². The van der Waals surface area contributed by atoms with E-state index in [-0.39, 0.29) is 19.4 Å². The molecular weight excluding hydrogens is 326 g/mol. The number of hydrogen-bond acceptors (Lipinski definition) is 7. The van der Waals surface area contributed by atoms with Crippen molar-refractivity contribution < 1.29 is 39.6 Å². The van der Waals surface area contributed by atoms with Gasteiger partial charge in [-0.1, -0.05) is 13.8 Å². The Morgan fingerprint density at radius 1 is 0.833 bits per heavy atom. The minimum absolute atomic E-state index is 0.0231. The zero-order chi connectivity index (χ0) is 19.9. The van der Waals surface area contributed by atoms with Crippen LogP contribution in [-0.2, 0) is 19.2 Å².